The van der Waals surface area contributed by atoms with E-state index in [9.17, 15) is 4.79 Å². The molecule has 1 N–H and O–H groups in total. The number of carbonyl (C=O) groups is 1. The molecule has 0 radical (unpaired) electrons. The summed E-state index contributed by atoms with van der Waals surface area (Å²) >= 11 is 0. The van der Waals surface area contributed by atoms with Crippen molar-refractivity contribution < 1.29 is 9.53 Å². The molecular formula is C9H14N2O2. The third-order valence-electron chi connectivity index (χ3n) is 1.85. The van der Waals surface area contributed by atoms with Crippen LogP contribution < -0.4 is 5.32 Å². The highest BCUT2D eigenvalue weighted by atomic mass is 16.5. The second-order valence-corrected chi connectivity index (χ2v) is 2.79. The summed E-state index contributed by atoms with van der Waals surface area (Å²) < 4.78 is 6.50. The van der Waals surface area contributed by atoms with Crippen LogP contribution in [-0.2, 0) is 23.1 Å². The number of aromatic nitrogens is 1. The fraction of sp³-hybridized carbons (Fsp3) is 0.444. The predicted molar refractivity (Wildman–Crippen MR) is 49.1 cm³/mol. The Morgan fingerprint density at radius 2 is 2.46 bits per heavy atom. The molecule has 0 saturated heterocycles. The molecule has 0 amide bonds. The van der Waals surface area contributed by atoms with Crippen molar-refractivity contribution in [1.82, 2.24) is 9.88 Å². The van der Waals surface area contributed by atoms with Crippen molar-refractivity contribution in [2.45, 2.75) is 6.54 Å². The van der Waals surface area contributed by atoms with Crippen molar-refractivity contribution in [1.29, 1.82) is 0 Å². The van der Waals surface area contributed by atoms with Crippen LogP contribution in [0.2, 0.25) is 0 Å². The zero-order valence-electron chi connectivity index (χ0n) is 7.91. The number of nitrogens with zero attached hydrogens (tertiary/aromatic N) is 1. The second kappa shape index (κ2) is 4.67. The molecule has 0 bridgehead atoms. The van der Waals surface area contributed by atoms with Gasteiger partial charge < -0.3 is 14.6 Å². The summed E-state index contributed by atoms with van der Waals surface area (Å²) in [6.07, 6.45) is 1.97. The van der Waals surface area contributed by atoms with Gasteiger partial charge in [0.1, 0.15) is 0 Å². The molecule has 1 aromatic rings. The van der Waals surface area contributed by atoms with E-state index in [-0.39, 0.29) is 12.5 Å². The van der Waals surface area contributed by atoms with E-state index in [0.717, 1.165) is 5.69 Å². The van der Waals surface area contributed by atoms with Crippen LogP contribution in [0.15, 0.2) is 18.3 Å². The zero-order valence-corrected chi connectivity index (χ0v) is 7.91. The van der Waals surface area contributed by atoms with E-state index in [1.165, 1.54) is 7.11 Å². The van der Waals surface area contributed by atoms with E-state index in [1.54, 1.807) is 0 Å². The Bertz CT molecular complexity index is 281. The molecule has 72 valence electrons. The van der Waals surface area contributed by atoms with Gasteiger partial charge in [0.15, 0.2) is 0 Å². The molecule has 0 aliphatic carbocycles. The molecule has 0 aliphatic rings. The molecule has 4 heteroatoms. The van der Waals surface area contributed by atoms with Crippen molar-refractivity contribution in [3.05, 3.63) is 24.0 Å². The number of hydrogen-bond donors (Lipinski definition) is 1. The van der Waals surface area contributed by atoms with Crippen LogP contribution in [0.3, 0.4) is 0 Å². The van der Waals surface area contributed by atoms with Crippen molar-refractivity contribution in [3.8, 4) is 0 Å². The first-order chi connectivity index (χ1) is 6.24. The fourth-order valence-corrected chi connectivity index (χ4v) is 1.04. The molecule has 0 spiro atoms. The molecule has 1 aromatic heterocycles. The van der Waals surface area contributed by atoms with Gasteiger partial charge in [0, 0.05) is 25.5 Å². The summed E-state index contributed by atoms with van der Waals surface area (Å²) in [7, 11) is 3.35. The van der Waals surface area contributed by atoms with Gasteiger partial charge in [-0.2, -0.15) is 0 Å². The third-order valence-corrected chi connectivity index (χ3v) is 1.85. The largest absolute Gasteiger partial charge is 0.468 e. The van der Waals surface area contributed by atoms with Crippen LogP contribution in [-0.4, -0.2) is 24.2 Å². The molecule has 1 heterocycles. The molecule has 0 aliphatic heterocycles. The average Bonchev–Trinajstić information content (AvgIpc) is 2.52. The minimum atomic E-state index is -0.241. The van der Waals surface area contributed by atoms with Crippen molar-refractivity contribution in [2.75, 3.05) is 13.7 Å². The van der Waals surface area contributed by atoms with Crippen molar-refractivity contribution in [2.24, 2.45) is 7.05 Å². The summed E-state index contributed by atoms with van der Waals surface area (Å²) in [5, 5.41) is 2.98. The first-order valence-corrected chi connectivity index (χ1v) is 4.12. The number of ether oxygens (including phenoxy) is 1. The van der Waals surface area contributed by atoms with E-state index in [1.807, 2.05) is 29.9 Å². The zero-order chi connectivity index (χ0) is 9.68. The van der Waals surface area contributed by atoms with Crippen molar-refractivity contribution >= 4 is 5.97 Å². The van der Waals surface area contributed by atoms with Crippen LogP contribution in [0, 0.1) is 0 Å². The maximum absolute atomic E-state index is 10.7. The Morgan fingerprint density at radius 3 is 3.00 bits per heavy atom. The van der Waals surface area contributed by atoms with Gasteiger partial charge >= 0.3 is 5.97 Å². The number of aryl methyl sites for hydroxylation is 1. The SMILES string of the molecule is COC(=O)CNCc1cccn1C. The Morgan fingerprint density at radius 1 is 1.69 bits per heavy atom. The number of methoxy groups -OCH3 is 1. The monoisotopic (exact) mass is 182 g/mol. The van der Waals surface area contributed by atoms with Crippen LogP contribution in [0.1, 0.15) is 5.69 Å². The van der Waals surface area contributed by atoms with Crippen molar-refractivity contribution in [3.63, 3.8) is 0 Å². The first kappa shape index (κ1) is 9.80. The van der Waals surface area contributed by atoms with Crippen LogP contribution in [0.4, 0.5) is 0 Å². The molecular weight excluding hydrogens is 168 g/mol. The molecule has 0 unspecified atom stereocenters. The van der Waals surface area contributed by atoms with Gasteiger partial charge in [-0.05, 0) is 12.1 Å². The number of nitrogens with one attached hydrogen (secondary N) is 1. The van der Waals surface area contributed by atoms with E-state index in [2.05, 4.69) is 10.1 Å². The Balaban J connectivity index is 2.28. The maximum Gasteiger partial charge on any atom is 0.319 e. The van der Waals surface area contributed by atoms with Crippen LogP contribution in [0.25, 0.3) is 0 Å². The molecule has 0 saturated carbocycles. The first-order valence-electron chi connectivity index (χ1n) is 4.12. The smallest absolute Gasteiger partial charge is 0.319 e. The van der Waals surface area contributed by atoms with Gasteiger partial charge in [-0.3, -0.25) is 4.79 Å². The summed E-state index contributed by atoms with van der Waals surface area (Å²) in [4.78, 5) is 10.7. The van der Waals surface area contributed by atoms with Gasteiger partial charge in [0.25, 0.3) is 0 Å². The molecule has 0 atom stereocenters. The quantitative estimate of drug-likeness (QED) is 0.680. The van der Waals surface area contributed by atoms with E-state index in [4.69, 9.17) is 0 Å². The van der Waals surface area contributed by atoms with Crippen LogP contribution >= 0.6 is 0 Å². The lowest BCUT2D eigenvalue weighted by molar-refractivity contribution is -0.139. The lowest BCUT2D eigenvalue weighted by Gasteiger charge is -2.04. The summed E-state index contributed by atoms with van der Waals surface area (Å²) in [5.74, 6) is -0.241. The Hall–Kier alpha value is -1.29. The van der Waals surface area contributed by atoms with Gasteiger partial charge in [-0.1, -0.05) is 0 Å². The number of carbonyl (C=O) groups excluding carboxylic acids is 1. The lowest BCUT2D eigenvalue weighted by Crippen LogP contribution is -2.24. The number of rotatable bonds is 4. The summed E-state index contributed by atoms with van der Waals surface area (Å²) in [5.41, 5.74) is 1.14. The minimum absolute atomic E-state index is 0.241. The van der Waals surface area contributed by atoms with Gasteiger partial charge in [0.2, 0.25) is 0 Å². The molecule has 13 heavy (non-hydrogen) atoms. The van der Waals surface area contributed by atoms with Gasteiger partial charge in [0.05, 0.1) is 13.7 Å². The highest BCUT2D eigenvalue weighted by molar-refractivity contribution is 5.71. The van der Waals surface area contributed by atoms with E-state index < -0.39 is 0 Å². The maximum atomic E-state index is 10.7. The molecule has 4 nitrogen and oxygen atoms in total. The topological polar surface area (TPSA) is 43.3 Å². The van der Waals surface area contributed by atoms with Crippen LogP contribution in [0.5, 0.6) is 0 Å². The lowest BCUT2D eigenvalue weighted by atomic mass is 10.4. The second-order valence-electron chi connectivity index (χ2n) is 2.79. The Kier molecular flexibility index (Phi) is 3.52. The number of esters is 1. The minimum Gasteiger partial charge on any atom is -0.468 e. The molecule has 0 aromatic carbocycles. The summed E-state index contributed by atoms with van der Waals surface area (Å²) in [6, 6.07) is 3.97. The molecule has 1 rings (SSSR count). The highest BCUT2D eigenvalue weighted by Gasteiger charge is 2.00. The normalized spacial score (nSPS) is 10.0. The van der Waals surface area contributed by atoms with Gasteiger partial charge in [-0.15, -0.1) is 0 Å². The number of hydrogen-bond acceptors (Lipinski definition) is 3. The Labute approximate surface area is 77.5 Å². The van der Waals surface area contributed by atoms with E-state index >= 15 is 0 Å². The highest BCUT2D eigenvalue weighted by Crippen LogP contribution is 1.97. The predicted octanol–water partition coefficient (Wildman–Crippen LogP) is 0.288. The van der Waals surface area contributed by atoms with Gasteiger partial charge in [-0.25, -0.2) is 0 Å². The summed E-state index contributed by atoms with van der Waals surface area (Å²) in [6.45, 7) is 0.931. The third kappa shape index (κ3) is 2.91. The fourth-order valence-electron chi connectivity index (χ4n) is 1.04. The standard InChI is InChI=1S/C9H14N2O2/c1-11-5-3-4-8(11)6-10-7-9(12)13-2/h3-5,10H,6-7H2,1-2H3. The molecule has 0 fully saturated rings. The average molecular weight is 182 g/mol. The van der Waals surface area contributed by atoms with E-state index in [0.29, 0.717) is 6.54 Å².